The molecule has 0 unspecified atom stereocenters. The maximum atomic E-state index is 12.7. The fourth-order valence-corrected chi connectivity index (χ4v) is 1.54. The molecule has 0 fully saturated rings. The topological polar surface area (TPSA) is 66.4 Å². The van der Waals surface area contributed by atoms with E-state index in [4.69, 9.17) is 4.55 Å². The lowest BCUT2D eigenvalue weighted by molar-refractivity contribution is -0.348. The average molecular weight is 407 g/mol. The molecule has 13 heteroatoms. The zero-order valence-electron chi connectivity index (χ0n) is 12.9. The molecular formula is C12H17F8NO3S. The zero-order chi connectivity index (χ0) is 20.7. The third kappa shape index (κ3) is 5.64. The molecule has 0 atom stereocenters. The Morgan fingerprint density at radius 1 is 0.920 bits per heavy atom. The summed E-state index contributed by atoms with van der Waals surface area (Å²) in [6.45, 7) is 9.11. The Kier molecular flexibility index (Phi) is 9.31. The molecular weight excluding hydrogens is 390 g/mol. The van der Waals surface area contributed by atoms with Gasteiger partial charge in [-0.15, -0.1) is 13.2 Å². The SMILES string of the molecule is C=CCNCC=C.CCC(F)(F)C(F)(F)C(F)(F)C(F)(F)S(=O)(=O)O. The number of nitrogens with one attached hydrogen (secondary N) is 1. The molecule has 0 aliphatic heterocycles. The van der Waals surface area contributed by atoms with Gasteiger partial charge in [-0.3, -0.25) is 4.55 Å². The van der Waals surface area contributed by atoms with E-state index in [1.807, 2.05) is 12.2 Å². The van der Waals surface area contributed by atoms with Crippen LogP contribution in [-0.4, -0.2) is 49.1 Å². The van der Waals surface area contributed by atoms with Gasteiger partial charge in [0.25, 0.3) is 0 Å². The molecule has 25 heavy (non-hydrogen) atoms. The fraction of sp³-hybridized carbons (Fsp3) is 0.667. The van der Waals surface area contributed by atoms with Gasteiger partial charge in [0.05, 0.1) is 0 Å². The van der Waals surface area contributed by atoms with Crippen molar-refractivity contribution >= 4 is 10.1 Å². The van der Waals surface area contributed by atoms with Crippen LogP contribution in [0.5, 0.6) is 0 Å². The van der Waals surface area contributed by atoms with Crippen LogP contribution in [0.15, 0.2) is 25.3 Å². The molecule has 0 amide bonds. The quantitative estimate of drug-likeness (QED) is 0.265. The molecule has 0 heterocycles. The summed E-state index contributed by atoms with van der Waals surface area (Å²) in [5.74, 6) is -19.3. The second-order valence-corrected chi connectivity index (χ2v) is 5.90. The van der Waals surface area contributed by atoms with Crippen molar-refractivity contribution in [2.24, 2.45) is 0 Å². The summed E-state index contributed by atoms with van der Waals surface area (Å²) < 4.78 is 128. The predicted molar refractivity (Wildman–Crippen MR) is 74.9 cm³/mol. The maximum Gasteiger partial charge on any atom is 0.438 e. The lowest BCUT2D eigenvalue weighted by Crippen LogP contribution is -2.64. The molecule has 4 nitrogen and oxygen atoms in total. The molecule has 0 spiro atoms. The van der Waals surface area contributed by atoms with E-state index in [9.17, 15) is 43.5 Å². The molecule has 0 aromatic heterocycles. The van der Waals surface area contributed by atoms with Crippen LogP contribution >= 0.6 is 0 Å². The first-order valence-corrected chi connectivity index (χ1v) is 7.82. The molecule has 0 aromatic rings. The van der Waals surface area contributed by atoms with Gasteiger partial charge in [0, 0.05) is 19.5 Å². The Balaban J connectivity index is 0. The van der Waals surface area contributed by atoms with Crippen LogP contribution in [0.25, 0.3) is 0 Å². The number of alkyl halides is 8. The number of hydrogen-bond donors (Lipinski definition) is 2. The van der Waals surface area contributed by atoms with Crippen LogP contribution in [0.4, 0.5) is 35.1 Å². The molecule has 0 aliphatic carbocycles. The first kappa shape index (κ1) is 26.0. The van der Waals surface area contributed by atoms with Crippen molar-refractivity contribution in [2.75, 3.05) is 13.1 Å². The summed E-state index contributed by atoms with van der Waals surface area (Å²) >= 11 is 0. The molecule has 0 saturated heterocycles. The largest absolute Gasteiger partial charge is 0.438 e. The molecule has 0 saturated carbocycles. The van der Waals surface area contributed by atoms with Crippen molar-refractivity contribution in [3.8, 4) is 0 Å². The van der Waals surface area contributed by atoms with Gasteiger partial charge in [-0.25, -0.2) is 0 Å². The Hall–Kier alpha value is -1.21. The standard InChI is InChI=1S/C6H6F8O3S.C6H11N/c1-2-3(7,8)4(9,10)5(11,12)6(13,14)18(15,16)17;1-3-5-7-6-4-2/h2H2,1H3,(H,15,16,17);3-4,7H,1-2,5-6H2. The Morgan fingerprint density at radius 3 is 1.52 bits per heavy atom. The van der Waals surface area contributed by atoms with E-state index in [0.29, 0.717) is 6.92 Å². The van der Waals surface area contributed by atoms with Crippen molar-refractivity contribution in [3.05, 3.63) is 25.3 Å². The summed E-state index contributed by atoms with van der Waals surface area (Å²) in [5, 5.41) is -3.71. The minimum absolute atomic E-state index is 0.301. The van der Waals surface area contributed by atoms with Crippen LogP contribution < -0.4 is 5.32 Å². The Morgan fingerprint density at radius 2 is 1.28 bits per heavy atom. The van der Waals surface area contributed by atoms with Crippen molar-refractivity contribution in [1.82, 2.24) is 5.32 Å². The summed E-state index contributed by atoms with van der Waals surface area (Å²) in [6.07, 6.45) is 1.70. The van der Waals surface area contributed by atoms with E-state index < -0.39 is 39.6 Å². The van der Waals surface area contributed by atoms with E-state index in [0.717, 1.165) is 13.1 Å². The van der Waals surface area contributed by atoms with E-state index in [1.165, 1.54) is 0 Å². The first-order valence-electron chi connectivity index (χ1n) is 6.38. The monoisotopic (exact) mass is 407 g/mol. The van der Waals surface area contributed by atoms with Crippen molar-refractivity contribution in [2.45, 2.75) is 36.4 Å². The lowest BCUT2D eigenvalue weighted by Gasteiger charge is -2.34. The second kappa shape index (κ2) is 8.94. The normalized spacial score (nSPS) is 13.7. The average Bonchev–Trinajstić information content (AvgIpc) is 2.46. The maximum absolute atomic E-state index is 12.7. The third-order valence-corrected chi connectivity index (χ3v) is 3.47. The predicted octanol–water partition coefficient (Wildman–Crippen LogP) is 3.73. The highest BCUT2D eigenvalue weighted by Crippen LogP contribution is 2.54. The van der Waals surface area contributed by atoms with Gasteiger partial charge in [0.15, 0.2) is 0 Å². The fourth-order valence-electron chi connectivity index (χ4n) is 1.08. The van der Waals surface area contributed by atoms with E-state index in [2.05, 4.69) is 18.5 Å². The zero-order valence-corrected chi connectivity index (χ0v) is 13.7. The molecule has 0 radical (unpaired) electrons. The second-order valence-electron chi connectivity index (χ2n) is 4.43. The number of hydrogen-bond acceptors (Lipinski definition) is 3. The van der Waals surface area contributed by atoms with Crippen molar-refractivity contribution < 1.29 is 48.1 Å². The van der Waals surface area contributed by atoms with Crippen LogP contribution in [0.3, 0.4) is 0 Å². The van der Waals surface area contributed by atoms with Crippen LogP contribution in [0.1, 0.15) is 13.3 Å². The smallest absolute Gasteiger partial charge is 0.310 e. The van der Waals surface area contributed by atoms with Gasteiger partial charge in [0.1, 0.15) is 0 Å². The highest BCUT2D eigenvalue weighted by atomic mass is 32.2. The molecule has 0 bridgehead atoms. The van der Waals surface area contributed by atoms with E-state index in [1.54, 1.807) is 0 Å². The Bertz CT molecular complexity index is 541. The number of rotatable bonds is 9. The minimum Gasteiger partial charge on any atom is -0.310 e. The third-order valence-electron chi connectivity index (χ3n) is 2.56. The molecule has 0 aromatic carbocycles. The summed E-state index contributed by atoms with van der Waals surface area (Å²) in [5.41, 5.74) is 0. The molecule has 0 aliphatic rings. The van der Waals surface area contributed by atoms with Crippen molar-refractivity contribution in [3.63, 3.8) is 0 Å². The van der Waals surface area contributed by atoms with Gasteiger partial charge in [-0.2, -0.15) is 43.5 Å². The van der Waals surface area contributed by atoms with Gasteiger partial charge in [-0.1, -0.05) is 19.1 Å². The molecule has 0 rings (SSSR count). The van der Waals surface area contributed by atoms with Crippen LogP contribution in [0.2, 0.25) is 0 Å². The summed E-state index contributed by atoms with van der Waals surface area (Å²) in [6, 6.07) is 0. The lowest BCUT2D eigenvalue weighted by atomic mass is 10.0. The van der Waals surface area contributed by atoms with Gasteiger partial charge in [0.2, 0.25) is 0 Å². The van der Waals surface area contributed by atoms with Gasteiger partial charge >= 0.3 is 33.1 Å². The summed E-state index contributed by atoms with van der Waals surface area (Å²) in [7, 11) is -7.01. The first-order chi connectivity index (χ1) is 11.0. The Labute approximate surface area is 139 Å². The van der Waals surface area contributed by atoms with Gasteiger partial charge < -0.3 is 5.32 Å². The highest BCUT2D eigenvalue weighted by molar-refractivity contribution is 7.87. The van der Waals surface area contributed by atoms with E-state index >= 15 is 0 Å². The minimum atomic E-state index is -7.01. The highest BCUT2D eigenvalue weighted by Gasteiger charge is 2.83. The van der Waals surface area contributed by atoms with Crippen molar-refractivity contribution in [1.29, 1.82) is 0 Å². The van der Waals surface area contributed by atoms with Gasteiger partial charge in [-0.05, 0) is 0 Å². The molecule has 2 N–H and O–H groups in total. The van der Waals surface area contributed by atoms with Crippen LogP contribution in [0, 0.1) is 0 Å². The van der Waals surface area contributed by atoms with Crippen LogP contribution in [-0.2, 0) is 10.1 Å². The number of halogens is 8. The molecule has 150 valence electrons. The van der Waals surface area contributed by atoms with E-state index in [-0.39, 0.29) is 0 Å². The summed E-state index contributed by atoms with van der Waals surface area (Å²) in [4.78, 5) is 0.